The molecule has 3 rings (SSSR count). The zero-order valence-electron chi connectivity index (χ0n) is 18.4. The lowest BCUT2D eigenvalue weighted by molar-refractivity contribution is -0.384. The van der Waals surface area contributed by atoms with Crippen molar-refractivity contribution in [3.63, 3.8) is 0 Å². The van der Waals surface area contributed by atoms with E-state index in [1.54, 1.807) is 17.0 Å². The highest BCUT2D eigenvalue weighted by atomic mass is 32.2. The van der Waals surface area contributed by atoms with Gasteiger partial charge in [-0.2, -0.15) is 0 Å². The lowest BCUT2D eigenvalue weighted by atomic mass is 10.1. The molecule has 0 spiro atoms. The molecule has 0 N–H and O–H groups in total. The Labute approximate surface area is 192 Å². The monoisotopic (exact) mass is 478 g/mol. The summed E-state index contributed by atoms with van der Waals surface area (Å²) in [4.78, 5) is 27.0. The Morgan fingerprint density at radius 3 is 2.42 bits per heavy atom. The molecule has 0 aliphatic carbocycles. The van der Waals surface area contributed by atoms with Gasteiger partial charge in [0.1, 0.15) is 5.82 Å². The highest BCUT2D eigenvalue weighted by molar-refractivity contribution is 7.89. The van der Waals surface area contributed by atoms with Crippen molar-refractivity contribution in [2.75, 3.05) is 39.8 Å². The fourth-order valence-electron chi connectivity index (χ4n) is 3.70. The molecule has 0 saturated carbocycles. The largest absolute Gasteiger partial charge is 0.340 e. The first-order chi connectivity index (χ1) is 15.7. The van der Waals surface area contributed by atoms with Gasteiger partial charge in [0.15, 0.2) is 0 Å². The van der Waals surface area contributed by atoms with Crippen molar-refractivity contribution >= 4 is 21.6 Å². The maximum Gasteiger partial charge on any atom is 0.269 e. The van der Waals surface area contributed by atoms with Crippen LogP contribution in [0.4, 0.5) is 10.1 Å². The van der Waals surface area contributed by atoms with Gasteiger partial charge in [-0.15, -0.1) is 0 Å². The number of halogens is 1. The minimum atomic E-state index is -3.73. The normalized spacial score (nSPS) is 15.1. The van der Waals surface area contributed by atoms with E-state index in [4.69, 9.17) is 0 Å². The Balaban J connectivity index is 1.42. The number of benzene rings is 2. The molecule has 178 valence electrons. The molecular formula is C22H27FN4O5S. The van der Waals surface area contributed by atoms with Gasteiger partial charge in [-0.1, -0.05) is 12.1 Å². The zero-order valence-corrected chi connectivity index (χ0v) is 19.2. The number of rotatable bonds is 9. The molecule has 2 aromatic rings. The molecule has 33 heavy (non-hydrogen) atoms. The standard InChI is InChI=1S/C22H27FN4O5S/c1-24(33(31,32)21-9-7-19(23)8-10-21)11-3-6-22(28)26-14-12-25(13-15-26)17-18-4-2-5-20(16-18)27(29)30/h2,4-5,7-10,16H,3,6,11-15,17H2,1H3. The average molecular weight is 479 g/mol. The van der Waals surface area contributed by atoms with Crippen LogP contribution in [0, 0.1) is 15.9 Å². The van der Waals surface area contributed by atoms with E-state index < -0.39 is 20.8 Å². The summed E-state index contributed by atoms with van der Waals surface area (Å²) >= 11 is 0. The Kier molecular flexibility index (Phi) is 8.11. The van der Waals surface area contributed by atoms with Crippen molar-refractivity contribution in [1.82, 2.24) is 14.1 Å². The number of nitro benzene ring substituents is 1. The molecule has 0 bridgehead atoms. The average Bonchev–Trinajstić information content (AvgIpc) is 2.80. The second-order valence-electron chi connectivity index (χ2n) is 7.97. The SMILES string of the molecule is CN(CCCC(=O)N1CCN(Cc2cccc([N+](=O)[O-])c2)CC1)S(=O)(=O)c1ccc(F)cc1. The third kappa shape index (κ3) is 6.56. The minimum Gasteiger partial charge on any atom is -0.340 e. The number of amides is 1. The van der Waals surface area contributed by atoms with E-state index in [9.17, 15) is 27.7 Å². The van der Waals surface area contributed by atoms with E-state index in [1.807, 2.05) is 6.07 Å². The molecule has 1 fully saturated rings. The third-order valence-corrected chi connectivity index (χ3v) is 7.51. The van der Waals surface area contributed by atoms with Crippen LogP contribution in [0.5, 0.6) is 0 Å². The van der Waals surface area contributed by atoms with E-state index >= 15 is 0 Å². The maximum atomic E-state index is 13.0. The van der Waals surface area contributed by atoms with Gasteiger partial charge in [0.05, 0.1) is 9.82 Å². The first-order valence-corrected chi connectivity index (χ1v) is 12.1. The first-order valence-electron chi connectivity index (χ1n) is 10.6. The Morgan fingerprint density at radius 1 is 1.12 bits per heavy atom. The van der Waals surface area contributed by atoms with E-state index in [0.717, 1.165) is 17.7 Å². The molecule has 1 saturated heterocycles. The molecule has 9 nitrogen and oxygen atoms in total. The molecule has 1 heterocycles. The molecule has 1 amide bonds. The van der Waals surface area contributed by atoms with Crippen LogP contribution in [0.3, 0.4) is 0 Å². The smallest absolute Gasteiger partial charge is 0.269 e. The summed E-state index contributed by atoms with van der Waals surface area (Å²) < 4.78 is 39.3. The number of sulfonamides is 1. The fraction of sp³-hybridized carbons (Fsp3) is 0.409. The number of nitro groups is 1. The van der Waals surface area contributed by atoms with Crippen molar-refractivity contribution in [2.24, 2.45) is 0 Å². The first kappa shape index (κ1) is 24.7. The highest BCUT2D eigenvalue weighted by Crippen LogP contribution is 2.17. The van der Waals surface area contributed by atoms with Crippen LogP contribution in [0.15, 0.2) is 53.4 Å². The van der Waals surface area contributed by atoms with E-state index in [-0.39, 0.29) is 29.5 Å². The number of piperazine rings is 1. The predicted molar refractivity (Wildman–Crippen MR) is 120 cm³/mol. The second-order valence-corrected chi connectivity index (χ2v) is 10.0. The summed E-state index contributed by atoms with van der Waals surface area (Å²) in [6, 6.07) is 11.2. The van der Waals surface area contributed by atoms with Crippen LogP contribution in [0.2, 0.25) is 0 Å². The zero-order chi connectivity index (χ0) is 24.0. The summed E-state index contributed by atoms with van der Waals surface area (Å²) in [6.07, 6.45) is 0.609. The highest BCUT2D eigenvalue weighted by Gasteiger charge is 2.23. The summed E-state index contributed by atoms with van der Waals surface area (Å²) in [7, 11) is -2.29. The van der Waals surface area contributed by atoms with Crippen molar-refractivity contribution in [1.29, 1.82) is 0 Å². The summed E-state index contributed by atoms with van der Waals surface area (Å²) in [5.74, 6) is -0.537. The van der Waals surface area contributed by atoms with Crippen LogP contribution in [-0.4, -0.2) is 73.1 Å². The van der Waals surface area contributed by atoms with E-state index in [1.165, 1.54) is 29.6 Å². The Morgan fingerprint density at radius 2 is 1.79 bits per heavy atom. The molecular weight excluding hydrogens is 451 g/mol. The van der Waals surface area contributed by atoms with Gasteiger partial charge in [-0.05, 0) is 36.2 Å². The van der Waals surface area contributed by atoms with Crippen molar-refractivity contribution in [3.8, 4) is 0 Å². The number of nitrogens with zero attached hydrogens (tertiary/aromatic N) is 4. The van der Waals surface area contributed by atoms with Gasteiger partial charge in [0.2, 0.25) is 15.9 Å². The summed E-state index contributed by atoms with van der Waals surface area (Å²) in [6.45, 7) is 3.18. The molecule has 2 aromatic carbocycles. The van der Waals surface area contributed by atoms with Gasteiger partial charge < -0.3 is 4.90 Å². The molecule has 0 radical (unpaired) electrons. The molecule has 0 unspecified atom stereocenters. The van der Waals surface area contributed by atoms with Crippen molar-refractivity contribution < 1.29 is 22.5 Å². The topological polar surface area (TPSA) is 104 Å². The van der Waals surface area contributed by atoms with Gasteiger partial charge in [0, 0.05) is 64.9 Å². The van der Waals surface area contributed by atoms with Crippen LogP contribution in [-0.2, 0) is 21.4 Å². The molecule has 0 atom stereocenters. The predicted octanol–water partition coefficient (Wildman–Crippen LogP) is 2.48. The number of carbonyl (C=O) groups is 1. The van der Waals surface area contributed by atoms with Crippen LogP contribution in [0.25, 0.3) is 0 Å². The number of hydrogen-bond donors (Lipinski definition) is 0. The molecule has 0 aromatic heterocycles. The summed E-state index contributed by atoms with van der Waals surface area (Å²) in [5, 5.41) is 10.9. The number of hydrogen-bond acceptors (Lipinski definition) is 6. The van der Waals surface area contributed by atoms with Gasteiger partial charge >= 0.3 is 0 Å². The van der Waals surface area contributed by atoms with Crippen LogP contribution in [0.1, 0.15) is 18.4 Å². The lowest BCUT2D eigenvalue weighted by Crippen LogP contribution is -2.48. The number of carbonyl (C=O) groups excluding carboxylic acids is 1. The minimum absolute atomic E-state index is 0.0117. The quantitative estimate of drug-likeness (QED) is 0.405. The van der Waals surface area contributed by atoms with E-state index in [0.29, 0.717) is 39.1 Å². The second kappa shape index (κ2) is 10.8. The number of non-ortho nitro benzene ring substituents is 1. The van der Waals surface area contributed by atoms with Gasteiger partial charge in [-0.25, -0.2) is 17.1 Å². The van der Waals surface area contributed by atoms with Crippen LogP contribution < -0.4 is 0 Å². The molecule has 1 aliphatic heterocycles. The maximum absolute atomic E-state index is 13.0. The Hall–Kier alpha value is -2.89. The van der Waals surface area contributed by atoms with E-state index in [2.05, 4.69) is 4.90 Å². The summed E-state index contributed by atoms with van der Waals surface area (Å²) in [5.41, 5.74) is 0.919. The van der Waals surface area contributed by atoms with Crippen molar-refractivity contribution in [3.05, 3.63) is 70.0 Å². The molecule has 1 aliphatic rings. The third-order valence-electron chi connectivity index (χ3n) is 5.64. The Bertz CT molecular complexity index is 1090. The van der Waals surface area contributed by atoms with Crippen molar-refractivity contribution in [2.45, 2.75) is 24.3 Å². The van der Waals surface area contributed by atoms with Gasteiger partial charge in [0.25, 0.3) is 5.69 Å². The van der Waals surface area contributed by atoms with Crippen LogP contribution >= 0.6 is 0 Å². The fourth-order valence-corrected chi connectivity index (χ4v) is 4.91. The van der Waals surface area contributed by atoms with Gasteiger partial charge in [-0.3, -0.25) is 19.8 Å². The lowest BCUT2D eigenvalue weighted by Gasteiger charge is -2.35. The molecule has 11 heteroatoms.